The number of thiazole rings is 1. The summed E-state index contributed by atoms with van der Waals surface area (Å²) in [5.41, 5.74) is 5.39. The lowest BCUT2D eigenvalue weighted by Crippen LogP contribution is -2.50. The van der Waals surface area contributed by atoms with Gasteiger partial charge in [0.25, 0.3) is 5.91 Å². The number of fused-ring (bicyclic) bond motifs is 1. The zero-order valence-electron chi connectivity index (χ0n) is 13.3. The van der Waals surface area contributed by atoms with Gasteiger partial charge in [-0.25, -0.2) is 4.98 Å². The fourth-order valence-corrected chi connectivity index (χ4v) is 3.83. The maximum atomic E-state index is 12.6. The van der Waals surface area contributed by atoms with Crippen LogP contribution in [0.15, 0.2) is 10.9 Å². The van der Waals surface area contributed by atoms with Gasteiger partial charge in [0.1, 0.15) is 6.10 Å². The van der Waals surface area contributed by atoms with Crippen LogP contribution in [-0.4, -0.2) is 46.4 Å². The van der Waals surface area contributed by atoms with Crippen LogP contribution >= 0.6 is 11.3 Å². The normalized spacial score (nSPS) is 23.2. The van der Waals surface area contributed by atoms with Crippen LogP contribution in [0, 0.1) is 0 Å². The highest BCUT2D eigenvalue weighted by Crippen LogP contribution is 2.23. The van der Waals surface area contributed by atoms with E-state index in [-0.39, 0.29) is 18.1 Å². The van der Waals surface area contributed by atoms with E-state index in [2.05, 4.69) is 20.5 Å². The number of rotatable bonds is 5. The summed E-state index contributed by atoms with van der Waals surface area (Å²) in [5.74, 6) is -0.122. The first kappa shape index (κ1) is 15.7. The number of aromatic amines is 1. The number of carbonyl (C=O) groups excluding carboxylic acids is 1. The summed E-state index contributed by atoms with van der Waals surface area (Å²) in [6.07, 6.45) is 3.55. The summed E-state index contributed by atoms with van der Waals surface area (Å²) in [6, 6.07) is -0.0707. The predicted octanol–water partition coefficient (Wildman–Crippen LogP) is 1.46. The van der Waals surface area contributed by atoms with E-state index < -0.39 is 0 Å². The number of aromatic nitrogens is 3. The van der Waals surface area contributed by atoms with Crippen molar-refractivity contribution in [3.8, 4) is 0 Å². The standard InChI is InChI=1S/C16H20N4O3S/c21-16(15-11-2-1-3-12(11)19-20-15)18-13-4-5-22-7-14(13)23-6-10-8-24-9-17-10/h8-9,13-14H,1-7H2,(H,18,21)(H,19,20)/t13-,14-/m1/s1. The Labute approximate surface area is 143 Å². The van der Waals surface area contributed by atoms with Crippen molar-refractivity contribution in [3.63, 3.8) is 0 Å². The first-order valence-corrected chi connectivity index (χ1v) is 9.19. The molecular weight excluding hydrogens is 328 g/mol. The van der Waals surface area contributed by atoms with Crippen LogP contribution in [0.25, 0.3) is 0 Å². The van der Waals surface area contributed by atoms with Crippen molar-refractivity contribution >= 4 is 17.2 Å². The minimum Gasteiger partial charge on any atom is -0.379 e. The molecule has 2 aliphatic rings. The van der Waals surface area contributed by atoms with Crippen molar-refractivity contribution in [3.05, 3.63) is 33.5 Å². The molecule has 0 aromatic carbocycles. The zero-order valence-corrected chi connectivity index (χ0v) is 14.1. The Hall–Kier alpha value is -1.77. The number of nitrogens with zero attached hydrogens (tertiary/aromatic N) is 2. The van der Waals surface area contributed by atoms with Gasteiger partial charge >= 0.3 is 0 Å². The summed E-state index contributed by atoms with van der Waals surface area (Å²) in [4.78, 5) is 16.8. The Morgan fingerprint density at radius 1 is 1.50 bits per heavy atom. The Morgan fingerprint density at radius 3 is 3.33 bits per heavy atom. The Bertz CT molecular complexity index is 700. The molecule has 0 unspecified atom stereocenters. The van der Waals surface area contributed by atoms with E-state index in [1.807, 2.05) is 5.38 Å². The average Bonchev–Trinajstić information content (AvgIpc) is 3.31. The minimum atomic E-state index is -0.170. The molecule has 1 aliphatic heterocycles. The molecule has 2 aromatic heterocycles. The van der Waals surface area contributed by atoms with E-state index in [0.717, 1.165) is 42.6 Å². The Balaban J connectivity index is 1.40. The average molecular weight is 348 g/mol. The molecule has 8 heteroatoms. The van der Waals surface area contributed by atoms with E-state index in [4.69, 9.17) is 9.47 Å². The van der Waals surface area contributed by atoms with Crippen LogP contribution in [0.5, 0.6) is 0 Å². The quantitative estimate of drug-likeness (QED) is 0.854. The monoisotopic (exact) mass is 348 g/mol. The third-order valence-electron chi connectivity index (χ3n) is 4.57. The van der Waals surface area contributed by atoms with Crippen LogP contribution in [0.4, 0.5) is 0 Å². The van der Waals surface area contributed by atoms with E-state index in [9.17, 15) is 4.79 Å². The van der Waals surface area contributed by atoms with E-state index in [1.165, 1.54) is 0 Å². The van der Waals surface area contributed by atoms with Gasteiger partial charge in [-0.1, -0.05) is 0 Å². The third-order valence-corrected chi connectivity index (χ3v) is 5.21. The maximum absolute atomic E-state index is 12.6. The van der Waals surface area contributed by atoms with E-state index >= 15 is 0 Å². The van der Waals surface area contributed by atoms with Gasteiger partial charge in [-0.15, -0.1) is 11.3 Å². The summed E-state index contributed by atoms with van der Waals surface area (Å²) in [5, 5.41) is 12.2. The van der Waals surface area contributed by atoms with Crippen molar-refractivity contribution in [1.82, 2.24) is 20.5 Å². The molecule has 128 valence electrons. The fourth-order valence-electron chi connectivity index (χ4n) is 3.29. The molecule has 1 saturated heterocycles. The maximum Gasteiger partial charge on any atom is 0.272 e. The zero-order chi connectivity index (χ0) is 16.4. The number of nitrogens with one attached hydrogen (secondary N) is 2. The van der Waals surface area contributed by atoms with Crippen LogP contribution in [0.1, 0.15) is 40.3 Å². The van der Waals surface area contributed by atoms with Gasteiger partial charge in [0.2, 0.25) is 0 Å². The lowest BCUT2D eigenvalue weighted by atomic mass is 10.1. The van der Waals surface area contributed by atoms with Gasteiger partial charge in [-0.2, -0.15) is 5.10 Å². The number of hydrogen-bond acceptors (Lipinski definition) is 6. The summed E-state index contributed by atoms with van der Waals surface area (Å²) in [6.45, 7) is 1.54. The molecule has 2 atom stereocenters. The predicted molar refractivity (Wildman–Crippen MR) is 88.0 cm³/mol. The molecule has 3 heterocycles. The van der Waals surface area contributed by atoms with Gasteiger partial charge in [-0.3, -0.25) is 9.89 Å². The minimum absolute atomic E-state index is 0.0707. The lowest BCUT2D eigenvalue weighted by molar-refractivity contribution is -0.0742. The molecular formula is C16H20N4O3S. The summed E-state index contributed by atoms with van der Waals surface area (Å²) < 4.78 is 11.4. The highest BCUT2D eigenvalue weighted by molar-refractivity contribution is 7.07. The molecule has 0 bridgehead atoms. The van der Waals surface area contributed by atoms with Crippen LogP contribution < -0.4 is 5.32 Å². The molecule has 2 N–H and O–H groups in total. The van der Waals surface area contributed by atoms with Crippen molar-refractivity contribution in [2.75, 3.05) is 13.2 Å². The molecule has 24 heavy (non-hydrogen) atoms. The van der Waals surface area contributed by atoms with Crippen molar-refractivity contribution in [2.45, 2.75) is 44.4 Å². The summed E-state index contributed by atoms with van der Waals surface area (Å²) >= 11 is 1.54. The van der Waals surface area contributed by atoms with Gasteiger partial charge < -0.3 is 14.8 Å². The molecule has 1 amide bonds. The molecule has 0 spiro atoms. The number of amides is 1. The van der Waals surface area contributed by atoms with Crippen LogP contribution in [-0.2, 0) is 28.9 Å². The largest absolute Gasteiger partial charge is 0.379 e. The SMILES string of the molecule is O=C(N[C@@H]1CCOC[C@H]1OCc1cscn1)c1n[nH]c2c1CCC2. The second-order valence-electron chi connectivity index (χ2n) is 6.16. The first-order valence-electron chi connectivity index (χ1n) is 8.24. The third kappa shape index (κ3) is 3.22. The first-order chi connectivity index (χ1) is 11.8. The topological polar surface area (TPSA) is 89.1 Å². The smallest absolute Gasteiger partial charge is 0.272 e. The number of H-pyrrole nitrogens is 1. The second-order valence-corrected chi connectivity index (χ2v) is 6.87. The van der Waals surface area contributed by atoms with Crippen molar-refractivity contribution in [1.29, 1.82) is 0 Å². The fraction of sp³-hybridized carbons (Fsp3) is 0.562. The van der Waals surface area contributed by atoms with Crippen molar-refractivity contribution < 1.29 is 14.3 Å². The lowest BCUT2D eigenvalue weighted by Gasteiger charge is -2.31. The molecule has 2 aromatic rings. The van der Waals surface area contributed by atoms with Gasteiger partial charge in [-0.05, 0) is 25.7 Å². The molecule has 1 fully saturated rings. The Morgan fingerprint density at radius 2 is 2.46 bits per heavy atom. The number of hydrogen-bond donors (Lipinski definition) is 2. The van der Waals surface area contributed by atoms with Gasteiger partial charge in [0.15, 0.2) is 5.69 Å². The van der Waals surface area contributed by atoms with Crippen LogP contribution in [0.2, 0.25) is 0 Å². The van der Waals surface area contributed by atoms with E-state index in [0.29, 0.717) is 25.5 Å². The molecule has 0 radical (unpaired) electrons. The molecule has 0 saturated carbocycles. The number of ether oxygens (including phenoxy) is 2. The van der Waals surface area contributed by atoms with Crippen LogP contribution in [0.3, 0.4) is 0 Å². The highest BCUT2D eigenvalue weighted by atomic mass is 32.1. The van der Waals surface area contributed by atoms with E-state index in [1.54, 1.807) is 16.8 Å². The molecule has 1 aliphatic carbocycles. The second kappa shape index (κ2) is 7.00. The molecule has 4 rings (SSSR count). The molecule has 7 nitrogen and oxygen atoms in total. The van der Waals surface area contributed by atoms with Crippen molar-refractivity contribution in [2.24, 2.45) is 0 Å². The number of carbonyl (C=O) groups is 1. The Kier molecular flexibility index (Phi) is 4.59. The van der Waals surface area contributed by atoms with Gasteiger partial charge in [0.05, 0.1) is 30.5 Å². The highest BCUT2D eigenvalue weighted by Gasteiger charge is 2.30. The van der Waals surface area contributed by atoms with Gasteiger partial charge in [0, 0.05) is 23.2 Å². The number of aryl methyl sites for hydroxylation is 1. The summed E-state index contributed by atoms with van der Waals surface area (Å²) in [7, 11) is 0.